The number of rotatable bonds is 10. The van der Waals surface area contributed by atoms with Crippen LogP contribution in [0.15, 0.2) is 42.5 Å². The van der Waals surface area contributed by atoms with Crippen LogP contribution in [0.25, 0.3) is 0 Å². The second-order valence-electron chi connectivity index (χ2n) is 7.21. The maximum absolute atomic E-state index is 10.9. The zero-order valence-electron chi connectivity index (χ0n) is 15.4. The number of nitrogens with one attached hydrogen (secondary N) is 1. The summed E-state index contributed by atoms with van der Waals surface area (Å²) in [5, 5.41) is 11.9. The fourth-order valence-electron chi connectivity index (χ4n) is 3.40. The van der Waals surface area contributed by atoms with Gasteiger partial charge in [-0.2, -0.15) is 0 Å². The van der Waals surface area contributed by atoms with Crippen molar-refractivity contribution < 1.29 is 19.4 Å². The highest BCUT2D eigenvalue weighted by molar-refractivity contribution is 5.68. The first-order chi connectivity index (χ1) is 13.0. The number of carbonyl (C=O) groups excluding carboxylic acids is 1. The van der Waals surface area contributed by atoms with Gasteiger partial charge in [-0.1, -0.05) is 25.1 Å². The maximum Gasteiger partial charge on any atom is 0.303 e. The molecule has 1 saturated carbocycles. The fourth-order valence-corrected chi connectivity index (χ4v) is 3.40. The standard InChI is InChI=1S/C21H24N2O4/c1-21(14-20(25)26)13-18(21)15-5-7-17(8-6-15)27-12-9-16-3-2-4-19(23-16)22-10-11-24/h2-8,11,18H,9-10,12-14H2,1H3,(H,22,23)(H,25,26). The number of carbonyl (C=O) groups is 2. The number of aldehydes is 1. The van der Waals surface area contributed by atoms with Crippen LogP contribution in [-0.4, -0.2) is 35.5 Å². The van der Waals surface area contributed by atoms with Crippen molar-refractivity contribution in [1.29, 1.82) is 0 Å². The number of pyridine rings is 1. The molecule has 1 aliphatic carbocycles. The van der Waals surface area contributed by atoms with Gasteiger partial charge < -0.3 is 20.0 Å². The van der Waals surface area contributed by atoms with Crippen molar-refractivity contribution >= 4 is 18.1 Å². The number of carboxylic acids is 1. The van der Waals surface area contributed by atoms with Gasteiger partial charge >= 0.3 is 5.97 Å². The Bertz CT molecular complexity index is 806. The summed E-state index contributed by atoms with van der Waals surface area (Å²) < 4.78 is 5.79. The van der Waals surface area contributed by atoms with Crippen molar-refractivity contribution in [2.75, 3.05) is 18.5 Å². The molecule has 0 radical (unpaired) electrons. The topological polar surface area (TPSA) is 88.5 Å². The quantitative estimate of drug-likeness (QED) is 0.626. The average Bonchev–Trinajstić information content (AvgIpc) is 3.31. The van der Waals surface area contributed by atoms with Crippen molar-refractivity contribution in [2.45, 2.75) is 32.1 Å². The third-order valence-electron chi connectivity index (χ3n) is 4.99. The Morgan fingerprint density at radius 1 is 1.33 bits per heavy atom. The van der Waals surface area contributed by atoms with Crippen LogP contribution in [-0.2, 0) is 16.0 Å². The minimum Gasteiger partial charge on any atom is -0.493 e. The van der Waals surface area contributed by atoms with Gasteiger partial charge in [-0.25, -0.2) is 4.98 Å². The summed E-state index contributed by atoms with van der Waals surface area (Å²) in [5.74, 6) is 1.04. The van der Waals surface area contributed by atoms with Gasteiger partial charge in [0.1, 0.15) is 17.9 Å². The predicted molar refractivity (Wildman–Crippen MR) is 102 cm³/mol. The number of carboxylic acid groups (broad SMARTS) is 1. The second kappa shape index (κ2) is 8.20. The zero-order valence-corrected chi connectivity index (χ0v) is 15.4. The van der Waals surface area contributed by atoms with Crippen LogP contribution in [0.5, 0.6) is 5.75 Å². The highest BCUT2D eigenvalue weighted by Crippen LogP contribution is 2.61. The molecule has 0 saturated heterocycles. The van der Waals surface area contributed by atoms with Crippen molar-refractivity contribution in [2.24, 2.45) is 5.41 Å². The SMILES string of the molecule is CC1(CC(=O)O)CC1c1ccc(OCCc2cccc(NCC=O)n2)cc1. The van der Waals surface area contributed by atoms with Crippen LogP contribution in [0.4, 0.5) is 5.82 Å². The van der Waals surface area contributed by atoms with E-state index in [1.165, 1.54) is 5.56 Å². The lowest BCUT2D eigenvalue weighted by atomic mass is 9.98. The largest absolute Gasteiger partial charge is 0.493 e. The first-order valence-electron chi connectivity index (χ1n) is 9.08. The Morgan fingerprint density at radius 3 is 2.81 bits per heavy atom. The lowest BCUT2D eigenvalue weighted by molar-refractivity contribution is -0.138. The first-order valence-corrected chi connectivity index (χ1v) is 9.08. The van der Waals surface area contributed by atoms with E-state index in [1.54, 1.807) is 0 Å². The molecule has 6 nitrogen and oxygen atoms in total. The summed E-state index contributed by atoms with van der Waals surface area (Å²) >= 11 is 0. The number of ether oxygens (including phenoxy) is 1. The van der Waals surface area contributed by atoms with E-state index >= 15 is 0 Å². The molecule has 1 aromatic carbocycles. The molecular formula is C21H24N2O4. The maximum atomic E-state index is 10.9. The van der Waals surface area contributed by atoms with Crippen LogP contribution in [0.2, 0.25) is 0 Å². The summed E-state index contributed by atoms with van der Waals surface area (Å²) in [7, 11) is 0. The lowest BCUT2D eigenvalue weighted by Gasteiger charge is -2.10. The molecule has 1 heterocycles. The summed E-state index contributed by atoms with van der Waals surface area (Å²) in [4.78, 5) is 25.8. The van der Waals surface area contributed by atoms with E-state index in [4.69, 9.17) is 9.84 Å². The molecule has 1 fully saturated rings. The van der Waals surface area contributed by atoms with Gasteiger partial charge in [0.25, 0.3) is 0 Å². The van der Waals surface area contributed by atoms with Gasteiger partial charge in [-0.3, -0.25) is 4.79 Å². The molecule has 2 N–H and O–H groups in total. The van der Waals surface area contributed by atoms with E-state index in [2.05, 4.69) is 10.3 Å². The third kappa shape index (κ3) is 5.06. The molecular weight excluding hydrogens is 344 g/mol. The van der Waals surface area contributed by atoms with E-state index in [0.717, 1.165) is 24.2 Å². The fraction of sp³-hybridized carbons (Fsp3) is 0.381. The molecule has 3 rings (SSSR count). The van der Waals surface area contributed by atoms with E-state index < -0.39 is 5.97 Å². The normalized spacial score (nSPS) is 20.7. The molecule has 0 amide bonds. The first kappa shape index (κ1) is 18.9. The van der Waals surface area contributed by atoms with E-state index in [1.807, 2.05) is 49.4 Å². The Morgan fingerprint density at radius 2 is 2.11 bits per heavy atom. The van der Waals surface area contributed by atoms with Crippen molar-refractivity contribution in [3.05, 3.63) is 53.7 Å². The molecule has 142 valence electrons. The predicted octanol–water partition coefficient (Wildman–Crippen LogP) is 3.28. The van der Waals surface area contributed by atoms with Crippen LogP contribution in [0, 0.1) is 5.41 Å². The van der Waals surface area contributed by atoms with Crippen molar-refractivity contribution in [1.82, 2.24) is 4.98 Å². The van der Waals surface area contributed by atoms with Crippen LogP contribution < -0.4 is 10.1 Å². The minimum absolute atomic E-state index is 0.122. The molecule has 27 heavy (non-hydrogen) atoms. The van der Waals surface area contributed by atoms with Crippen LogP contribution in [0.3, 0.4) is 0 Å². The molecule has 1 aromatic heterocycles. The monoisotopic (exact) mass is 368 g/mol. The number of hydrogen-bond donors (Lipinski definition) is 2. The summed E-state index contributed by atoms with van der Waals surface area (Å²) in [6, 6.07) is 13.6. The van der Waals surface area contributed by atoms with Gasteiger partial charge in [0.15, 0.2) is 0 Å². The number of nitrogens with zero attached hydrogens (tertiary/aromatic N) is 1. The van der Waals surface area contributed by atoms with E-state index in [9.17, 15) is 9.59 Å². The zero-order chi connectivity index (χ0) is 19.3. The number of hydrogen-bond acceptors (Lipinski definition) is 5. The van der Waals surface area contributed by atoms with Gasteiger partial charge in [-0.15, -0.1) is 0 Å². The highest BCUT2D eigenvalue weighted by Gasteiger charge is 2.51. The average molecular weight is 368 g/mol. The van der Waals surface area contributed by atoms with Gasteiger partial charge in [0.2, 0.25) is 0 Å². The summed E-state index contributed by atoms with van der Waals surface area (Å²) in [5.41, 5.74) is 1.94. The van der Waals surface area contributed by atoms with E-state index in [-0.39, 0.29) is 18.4 Å². The number of benzene rings is 1. The lowest BCUT2D eigenvalue weighted by Crippen LogP contribution is -2.07. The van der Waals surface area contributed by atoms with Gasteiger partial charge in [0, 0.05) is 12.1 Å². The number of aliphatic carboxylic acids is 1. The van der Waals surface area contributed by atoms with Crippen molar-refractivity contribution in [3.63, 3.8) is 0 Å². The van der Waals surface area contributed by atoms with Crippen LogP contribution in [0.1, 0.15) is 36.9 Å². The highest BCUT2D eigenvalue weighted by atomic mass is 16.5. The molecule has 2 atom stereocenters. The summed E-state index contributed by atoms with van der Waals surface area (Å²) in [6.07, 6.45) is 2.59. The molecule has 0 aliphatic heterocycles. The second-order valence-corrected chi connectivity index (χ2v) is 7.21. The van der Waals surface area contributed by atoms with E-state index in [0.29, 0.717) is 24.8 Å². The van der Waals surface area contributed by atoms with Gasteiger partial charge in [0.05, 0.1) is 19.6 Å². The number of aromatic nitrogens is 1. The van der Waals surface area contributed by atoms with Crippen molar-refractivity contribution in [3.8, 4) is 5.75 Å². The molecule has 6 heteroatoms. The smallest absolute Gasteiger partial charge is 0.303 e. The molecule has 1 aliphatic rings. The summed E-state index contributed by atoms with van der Waals surface area (Å²) in [6.45, 7) is 2.77. The molecule has 2 aromatic rings. The molecule has 0 spiro atoms. The minimum atomic E-state index is -0.737. The number of anilines is 1. The molecule has 2 unspecified atom stereocenters. The Kier molecular flexibility index (Phi) is 5.74. The van der Waals surface area contributed by atoms with Crippen LogP contribution >= 0.6 is 0 Å². The van der Waals surface area contributed by atoms with Gasteiger partial charge in [-0.05, 0) is 47.6 Å². The Balaban J connectivity index is 1.48. The third-order valence-corrected chi connectivity index (χ3v) is 4.99. The Hall–Kier alpha value is -2.89. The Labute approximate surface area is 158 Å². The molecule has 0 bridgehead atoms.